The number of nitriles is 1. The molecule has 0 heterocycles. The molecule has 0 saturated heterocycles. The van der Waals surface area contributed by atoms with E-state index < -0.39 is 5.91 Å². The van der Waals surface area contributed by atoms with Crippen LogP contribution in [0.1, 0.15) is 56.6 Å². The fourth-order valence-electron chi connectivity index (χ4n) is 3.05. The molecule has 30 heavy (non-hydrogen) atoms. The number of amides is 1. The normalized spacial score (nSPS) is 11.1. The zero-order valence-corrected chi connectivity index (χ0v) is 18.5. The summed E-state index contributed by atoms with van der Waals surface area (Å²) in [5.41, 5.74) is 2.27. The van der Waals surface area contributed by atoms with Crippen molar-refractivity contribution in [2.75, 3.05) is 11.9 Å². The van der Waals surface area contributed by atoms with Gasteiger partial charge in [-0.1, -0.05) is 62.8 Å². The van der Waals surface area contributed by atoms with E-state index in [0.717, 1.165) is 18.4 Å². The fourth-order valence-corrected chi connectivity index (χ4v) is 3.23. The van der Waals surface area contributed by atoms with E-state index in [1.54, 1.807) is 24.3 Å². The number of ether oxygens (including phenoxy) is 1. The van der Waals surface area contributed by atoms with Crippen LogP contribution in [-0.4, -0.2) is 12.5 Å². The lowest BCUT2D eigenvalue weighted by Crippen LogP contribution is -2.13. The number of nitrogens with zero attached hydrogens (tertiary/aromatic N) is 1. The lowest BCUT2D eigenvalue weighted by Gasteiger charge is -2.11. The molecule has 0 aromatic heterocycles. The van der Waals surface area contributed by atoms with Crippen LogP contribution in [0.4, 0.5) is 5.69 Å². The van der Waals surface area contributed by atoms with Gasteiger partial charge in [-0.05, 0) is 55.3 Å². The predicted octanol–water partition coefficient (Wildman–Crippen LogP) is 6.93. The van der Waals surface area contributed by atoms with Crippen molar-refractivity contribution in [3.63, 3.8) is 0 Å². The summed E-state index contributed by atoms with van der Waals surface area (Å²) in [5.74, 6) is 0.147. The Morgan fingerprint density at radius 1 is 1.13 bits per heavy atom. The predicted molar refractivity (Wildman–Crippen MR) is 124 cm³/mol. The van der Waals surface area contributed by atoms with E-state index in [1.807, 2.05) is 31.2 Å². The van der Waals surface area contributed by atoms with E-state index in [0.29, 0.717) is 28.6 Å². The first kappa shape index (κ1) is 23.5. The largest absolute Gasteiger partial charge is 0.493 e. The van der Waals surface area contributed by atoms with Crippen molar-refractivity contribution in [2.24, 2.45) is 0 Å². The van der Waals surface area contributed by atoms with Crippen molar-refractivity contribution in [1.29, 1.82) is 5.26 Å². The second kappa shape index (κ2) is 12.7. The minimum Gasteiger partial charge on any atom is -0.493 e. The number of aryl methyl sites for hydroxylation is 1. The number of benzene rings is 2. The van der Waals surface area contributed by atoms with Crippen LogP contribution in [0, 0.1) is 18.3 Å². The van der Waals surface area contributed by atoms with Gasteiger partial charge in [0, 0.05) is 16.3 Å². The maximum absolute atomic E-state index is 12.6. The van der Waals surface area contributed by atoms with Crippen molar-refractivity contribution in [1.82, 2.24) is 0 Å². The van der Waals surface area contributed by atoms with Crippen LogP contribution in [0.25, 0.3) is 6.08 Å². The van der Waals surface area contributed by atoms with Gasteiger partial charge in [0.15, 0.2) is 0 Å². The molecule has 2 aromatic carbocycles. The Hall–Kier alpha value is -2.77. The first-order chi connectivity index (χ1) is 14.5. The molecule has 0 spiro atoms. The van der Waals surface area contributed by atoms with Gasteiger partial charge in [-0.2, -0.15) is 5.26 Å². The van der Waals surface area contributed by atoms with Crippen molar-refractivity contribution in [3.05, 3.63) is 64.2 Å². The molecular formula is C25H29ClN2O2. The summed E-state index contributed by atoms with van der Waals surface area (Å²) in [5, 5.41) is 12.8. The molecule has 0 aliphatic rings. The second-order valence-electron chi connectivity index (χ2n) is 7.29. The molecule has 0 unspecified atom stereocenters. The highest BCUT2D eigenvalue weighted by Gasteiger charge is 2.12. The monoisotopic (exact) mass is 424 g/mol. The Labute approximate surface area is 184 Å². The van der Waals surface area contributed by atoms with Crippen molar-refractivity contribution >= 4 is 29.3 Å². The number of halogens is 1. The van der Waals surface area contributed by atoms with Crippen LogP contribution in [0.5, 0.6) is 5.75 Å². The molecule has 158 valence electrons. The number of hydrogen-bond acceptors (Lipinski definition) is 3. The molecule has 0 saturated carbocycles. The standard InChI is InChI=1S/C25H29ClN2O2/c1-3-4-5-6-7-8-14-30-24-13-12-22(26)17-20(24)16-21(18-27)25(29)28-23-11-9-10-19(2)15-23/h9-13,15-17H,3-8,14H2,1-2H3,(H,28,29). The third kappa shape index (κ3) is 7.93. The molecule has 1 N–H and O–H groups in total. The lowest BCUT2D eigenvalue weighted by atomic mass is 10.1. The molecule has 0 atom stereocenters. The van der Waals surface area contributed by atoms with Crippen molar-refractivity contribution in [2.45, 2.75) is 52.4 Å². The topological polar surface area (TPSA) is 62.1 Å². The summed E-state index contributed by atoms with van der Waals surface area (Å²) in [6.07, 6.45) is 8.59. The molecule has 2 rings (SSSR count). The summed E-state index contributed by atoms with van der Waals surface area (Å²) in [6.45, 7) is 4.73. The average Bonchev–Trinajstić information content (AvgIpc) is 2.72. The van der Waals surface area contributed by atoms with Gasteiger partial charge in [0.2, 0.25) is 0 Å². The Morgan fingerprint density at radius 2 is 1.90 bits per heavy atom. The number of hydrogen-bond donors (Lipinski definition) is 1. The minimum atomic E-state index is -0.468. The zero-order chi connectivity index (χ0) is 21.8. The van der Waals surface area contributed by atoms with Crippen LogP contribution in [-0.2, 0) is 4.79 Å². The number of rotatable bonds is 11. The second-order valence-corrected chi connectivity index (χ2v) is 7.73. The smallest absolute Gasteiger partial charge is 0.266 e. The summed E-state index contributed by atoms with van der Waals surface area (Å²) >= 11 is 6.13. The Morgan fingerprint density at radius 3 is 2.63 bits per heavy atom. The molecule has 4 nitrogen and oxygen atoms in total. The van der Waals surface area contributed by atoms with E-state index in [4.69, 9.17) is 16.3 Å². The Balaban J connectivity index is 2.06. The molecule has 2 aromatic rings. The van der Waals surface area contributed by atoms with E-state index in [1.165, 1.54) is 31.8 Å². The van der Waals surface area contributed by atoms with Crippen LogP contribution in [0.2, 0.25) is 5.02 Å². The van der Waals surface area contributed by atoms with Crippen molar-refractivity contribution < 1.29 is 9.53 Å². The maximum Gasteiger partial charge on any atom is 0.266 e. The number of carbonyl (C=O) groups is 1. The summed E-state index contributed by atoms with van der Waals surface area (Å²) in [7, 11) is 0. The fraction of sp³-hybridized carbons (Fsp3) is 0.360. The minimum absolute atomic E-state index is 0.0109. The van der Waals surface area contributed by atoms with Crippen LogP contribution in [0.3, 0.4) is 0 Å². The molecule has 0 aliphatic carbocycles. The van der Waals surface area contributed by atoms with E-state index in [-0.39, 0.29) is 5.57 Å². The Kier molecular flexibility index (Phi) is 9.97. The van der Waals surface area contributed by atoms with Gasteiger partial charge >= 0.3 is 0 Å². The third-order valence-corrected chi connectivity index (χ3v) is 4.90. The quantitative estimate of drug-likeness (QED) is 0.241. The first-order valence-corrected chi connectivity index (χ1v) is 10.8. The molecule has 0 aliphatic heterocycles. The van der Waals surface area contributed by atoms with Crippen LogP contribution < -0.4 is 10.1 Å². The first-order valence-electron chi connectivity index (χ1n) is 10.5. The number of nitrogens with one attached hydrogen (secondary N) is 1. The van der Waals surface area contributed by atoms with Gasteiger partial charge in [0.25, 0.3) is 5.91 Å². The van der Waals surface area contributed by atoms with Gasteiger partial charge < -0.3 is 10.1 Å². The van der Waals surface area contributed by atoms with Gasteiger partial charge in [0.05, 0.1) is 6.61 Å². The zero-order valence-electron chi connectivity index (χ0n) is 17.7. The number of anilines is 1. The molecular weight excluding hydrogens is 396 g/mol. The van der Waals surface area contributed by atoms with Gasteiger partial charge in [-0.25, -0.2) is 0 Å². The molecule has 0 radical (unpaired) electrons. The highest BCUT2D eigenvalue weighted by molar-refractivity contribution is 6.30. The van der Waals surface area contributed by atoms with Crippen molar-refractivity contribution in [3.8, 4) is 11.8 Å². The molecule has 5 heteroatoms. The SMILES string of the molecule is CCCCCCCCOc1ccc(Cl)cc1C=C(C#N)C(=O)Nc1cccc(C)c1. The molecule has 0 bridgehead atoms. The summed E-state index contributed by atoms with van der Waals surface area (Å²) in [4.78, 5) is 12.6. The van der Waals surface area contributed by atoms with E-state index in [2.05, 4.69) is 12.2 Å². The molecule has 0 fully saturated rings. The highest BCUT2D eigenvalue weighted by atomic mass is 35.5. The van der Waals surface area contributed by atoms with Gasteiger partial charge in [-0.3, -0.25) is 4.79 Å². The molecule has 1 amide bonds. The van der Waals surface area contributed by atoms with Gasteiger partial charge in [0.1, 0.15) is 17.4 Å². The van der Waals surface area contributed by atoms with Crippen LogP contribution in [0.15, 0.2) is 48.0 Å². The van der Waals surface area contributed by atoms with E-state index >= 15 is 0 Å². The van der Waals surface area contributed by atoms with Crippen LogP contribution >= 0.6 is 11.6 Å². The summed E-state index contributed by atoms with van der Waals surface area (Å²) < 4.78 is 5.91. The number of carbonyl (C=O) groups excluding carboxylic acids is 1. The van der Waals surface area contributed by atoms with Gasteiger partial charge in [-0.15, -0.1) is 0 Å². The van der Waals surface area contributed by atoms with E-state index in [9.17, 15) is 10.1 Å². The third-order valence-electron chi connectivity index (χ3n) is 4.67. The highest BCUT2D eigenvalue weighted by Crippen LogP contribution is 2.26. The number of unbranched alkanes of at least 4 members (excludes halogenated alkanes) is 5. The average molecular weight is 425 g/mol. The lowest BCUT2D eigenvalue weighted by molar-refractivity contribution is -0.112. The maximum atomic E-state index is 12.6. The Bertz CT molecular complexity index is 916. The summed E-state index contributed by atoms with van der Waals surface area (Å²) in [6, 6.07) is 14.6.